The van der Waals surface area contributed by atoms with Crippen molar-refractivity contribution in [2.75, 3.05) is 6.54 Å². The molecule has 1 atom stereocenters. The molecule has 1 unspecified atom stereocenters. The van der Waals surface area contributed by atoms with Crippen LogP contribution in [0.15, 0.2) is 6.20 Å². The average Bonchev–Trinajstić information content (AvgIpc) is 2.43. The summed E-state index contributed by atoms with van der Waals surface area (Å²) in [4.78, 5) is 5.67. The van der Waals surface area contributed by atoms with Crippen LogP contribution in [0.4, 0.5) is 0 Å². The maximum absolute atomic E-state index is 5.86. The van der Waals surface area contributed by atoms with Gasteiger partial charge >= 0.3 is 0 Å². The van der Waals surface area contributed by atoms with Crippen molar-refractivity contribution in [2.24, 2.45) is 11.1 Å². The Bertz CT molecular complexity index is 329. The SMILES string of the molecule is Cc1ncc(C2(CN)CC2(C)C)s1. The van der Waals surface area contributed by atoms with E-state index in [4.69, 9.17) is 5.73 Å². The third-order valence-electron chi connectivity index (χ3n) is 3.36. The van der Waals surface area contributed by atoms with E-state index >= 15 is 0 Å². The van der Waals surface area contributed by atoms with Crippen molar-refractivity contribution in [3.8, 4) is 0 Å². The van der Waals surface area contributed by atoms with Crippen molar-refractivity contribution in [1.29, 1.82) is 0 Å². The molecule has 0 amide bonds. The molecule has 72 valence electrons. The lowest BCUT2D eigenvalue weighted by atomic mass is 9.95. The van der Waals surface area contributed by atoms with Crippen LogP contribution in [0.1, 0.15) is 30.2 Å². The molecule has 13 heavy (non-hydrogen) atoms. The lowest BCUT2D eigenvalue weighted by Crippen LogP contribution is -2.24. The summed E-state index contributed by atoms with van der Waals surface area (Å²) in [6, 6.07) is 0. The zero-order valence-electron chi connectivity index (χ0n) is 8.42. The largest absolute Gasteiger partial charge is 0.330 e. The Labute approximate surface area is 83.2 Å². The molecule has 0 aliphatic heterocycles. The maximum Gasteiger partial charge on any atom is 0.0896 e. The van der Waals surface area contributed by atoms with E-state index < -0.39 is 0 Å². The lowest BCUT2D eigenvalue weighted by molar-refractivity contribution is 0.509. The van der Waals surface area contributed by atoms with Gasteiger partial charge in [0.15, 0.2) is 0 Å². The molecule has 0 radical (unpaired) electrons. The third kappa shape index (κ3) is 1.14. The summed E-state index contributed by atoms with van der Waals surface area (Å²) in [6.07, 6.45) is 3.21. The van der Waals surface area contributed by atoms with E-state index in [0.29, 0.717) is 5.41 Å². The number of nitrogens with two attached hydrogens (primary N) is 1. The third-order valence-corrected chi connectivity index (χ3v) is 4.47. The topological polar surface area (TPSA) is 38.9 Å². The van der Waals surface area contributed by atoms with Gasteiger partial charge in [-0.25, -0.2) is 4.98 Å². The van der Waals surface area contributed by atoms with Crippen LogP contribution in [0.25, 0.3) is 0 Å². The predicted octanol–water partition coefficient (Wildman–Crippen LogP) is 2.08. The second kappa shape index (κ2) is 2.55. The summed E-state index contributed by atoms with van der Waals surface area (Å²) in [7, 11) is 0. The highest BCUT2D eigenvalue weighted by atomic mass is 32.1. The van der Waals surface area contributed by atoms with Crippen molar-refractivity contribution in [2.45, 2.75) is 32.6 Å². The molecule has 2 N–H and O–H groups in total. The van der Waals surface area contributed by atoms with Gasteiger partial charge in [0.05, 0.1) is 5.01 Å². The number of nitrogens with zero attached hydrogens (tertiary/aromatic N) is 1. The monoisotopic (exact) mass is 196 g/mol. The van der Waals surface area contributed by atoms with Crippen LogP contribution in [0.2, 0.25) is 0 Å². The van der Waals surface area contributed by atoms with Gasteiger partial charge in [-0.1, -0.05) is 13.8 Å². The summed E-state index contributed by atoms with van der Waals surface area (Å²) in [5.74, 6) is 0. The van der Waals surface area contributed by atoms with Crippen LogP contribution in [0.3, 0.4) is 0 Å². The molecule has 1 aromatic rings. The van der Waals surface area contributed by atoms with Gasteiger partial charge in [0.1, 0.15) is 0 Å². The van der Waals surface area contributed by atoms with Gasteiger partial charge in [-0.3, -0.25) is 0 Å². The number of hydrogen-bond donors (Lipinski definition) is 1. The number of aryl methyl sites for hydroxylation is 1. The molecule has 2 nitrogen and oxygen atoms in total. The van der Waals surface area contributed by atoms with Gasteiger partial charge in [0.2, 0.25) is 0 Å². The van der Waals surface area contributed by atoms with E-state index in [1.165, 1.54) is 11.3 Å². The second-order valence-electron chi connectivity index (χ2n) is 4.59. The first-order chi connectivity index (χ1) is 6.02. The molecule has 1 saturated carbocycles. The van der Waals surface area contributed by atoms with Crippen molar-refractivity contribution >= 4 is 11.3 Å². The van der Waals surface area contributed by atoms with Crippen LogP contribution in [-0.2, 0) is 5.41 Å². The maximum atomic E-state index is 5.86. The van der Waals surface area contributed by atoms with Crippen LogP contribution in [-0.4, -0.2) is 11.5 Å². The van der Waals surface area contributed by atoms with Crippen LogP contribution >= 0.6 is 11.3 Å². The highest BCUT2D eigenvalue weighted by Gasteiger charge is 2.61. The van der Waals surface area contributed by atoms with Gasteiger partial charge in [-0.15, -0.1) is 11.3 Å². The summed E-state index contributed by atoms with van der Waals surface area (Å²) in [5, 5.41) is 1.14. The molecular formula is C10H16N2S. The van der Waals surface area contributed by atoms with Crippen LogP contribution in [0.5, 0.6) is 0 Å². The predicted molar refractivity (Wildman–Crippen MR) is 56.0 cm³/mol. The Balaban J connectivity index is 2.35. The smallest absolute Gasteiger partial charge is 0.0896 e. The second-order valence-corrected chi connectivity index (χ2v) is 5.83. The molecule has 1 heterocycles. The first-order valence-electron chi connectivity index (χ1n) is 4.65. The minimum atomic E-state index is 0.235. The van der Waals surface area contributed by atoms with Crippen LogP contribution < -0.4 is 5.73 Å². The lowest BCUT2D eigenvalue weighted by Gasteiger charge is -2.15. The molecule has 3 heteroatoms. The molecule has 2 rings (SSSR count). The van der Waals surface area contributed by atoms with Crippen molar-refractivity contribution in [3.05, 3.63) is 16.1 Å². The molecule has 1 aliphatic carbocycles. The van der Waals surface area contributed by atoms with E-state index in [1.54, 1.807) is 11.3 Å². The Morgan fingerprint density at radius 2 is 2.23 bits per heavy atom. The number of thiazole rings is 1. The molecule has 0 spiro atoms. The van der Waals surface area contributed by atoms with E-state index in [9.17, 15) is 0 Å². The average molecular weight is 196 g/mol. The summed E-state index contributed by atoms with van der Waals surface area (Å²) >= 11 is 1.79. The fourth-order valence-electron chi connectivity index (χ4n) is 2.16. The Hall–Kier alpha value is -0.410. The summed E-state index contributed by atoms with van der Waals surface area (Å²) < 4.78 is 0. The first-order valence-corrected chi connectivity index (χ1v) is 5.46. The number of hydrogen-bond acceptors (Lipinski definition) is 3. The molecule has 0 aromatic carbocycles. The van der Waals surface area contributed by atoms with Gasteiger partial charge in [0, 0.05) is 23.0 Å². The molecule has 0 saturated heterocycles. The van der Waals surface area contributed by atoms with Crippen molar-refractivity contribution in [3.63, 3.8) is 0 Å². The Morgan fingerprint density at radius 1 is 1.62 bits per heavy atom. The van der Waals surface area contributed by atoms with E-state index in [-0.39, 0.29) is 5.41 Å². The van der Waals surface area contributed by atoms with Gasteiger partial charge in [0.25, 0.3) is 0 Å². The fourth-order valence-corrected chi connectivity index (χ4v) is 3.32. The molecule has 1 aromatic heterocycles. The molecule has 0 bridgehead atoms. The van der Waals surface area contributed by atoms with Gasteiger partial charge in [-0.2, -0.15) is 0 Å². The van der Waals surface area contributed by atoms with Crippen molar-refractivity contribution in [1.82, 2.24) is 4.98 Å². The zero-order valence-corrected chi connectivity index (χ0v) is 9.24. The minimum absolute atomic E-state index is 0.235. The van der Waals surface area contributed by atoms with Crippen LogP contribution in [0, 0.1) is 12.3 Å². The molecular weight excluding hydrogens is 180 g/mol. The minimum Gasteiger partial charge on any atom is -0.330 e. The zero-order chi connectivity index (χ0) is 9.69. The van der Waals surface area contributed by atoms with Gasteiger partial charge < -0.3 is 5.73 Å². The normalized spacial score (nSPS) is 30.5. The Kier molecular flexibility index (Phi) is 1.79. The summed E-state index contributed by atoms with van der Waals surface area (Å²) in [6.45, 7) is 7.37. The first kappa shape index (κ1) is 9.16. The fraction of sp³-hybridized carbons (Fsp3) is 0.700. The standard InChI is InChI=1S/C10H16N2S/c1-7-12-4-8(13-7)10(6-11)5-9(10,2)3/h4H,5-6,11H2,1-3H3. The molecule has 1 aliphatic rings. The molecule has 1 fully saturated rings. The van der Waals surface area contributed by atoms with Crippen molar-refractivity contribution < 1.29 is 0 Å². The number of aromatic nitrogens is 1. The summed E-state index contributed by atoms with van der Waals surface area (Å²) in [5.41, 5.74) is 6.48. The Morgan fingerprint density at radius 3 is 2.54 bits per heavy atom. The highest BCUT2D eigenvalue weighted by molar-refractivity contribution is 7.11. The number of rotatable bonds is 2. The highest BCUT2D eigenvalue weighted by Crippen LogP contribution is 2.64. The van der Waals surface area contributed by atoms with Gasteiger partial charge in [-0.05, 0) is 18.8 Å². The van der Waals surface area contributed by atoms with E-state index in [0.717, 1.165) is 11.6 Å². The van der Waals surface area contributed by atoms with E-state index in [1.807, 2.05) is 13.1 Å². The quantitative estimate of drug-likeness (QED) is 0.786. The van der Waals surface area contributed by atoms with E-state index in [2.05, 4.69) is 18.8 Å².